The summed E-state index contributed by atoms with van der Waals surface area (Å²) >= 11 is 0. The van der Waals surface area contributed by atoms with Crippen molar-refractivity contribution < 1.29 is 49.2 Å². The summed E-state index contributed by atoms with van der Waals surface area (Å²) in [5.74, 6) is -9.88. The van der Waals surface area contributed by atoms with Crippen LogP contribution in [0.3, 0.4) is 0 Å². The Morgan fingerprint density at radius 3 is 1.54 bits per heavy atom. The van der Waals surface area contributed by atoms with Crippen molar-refractivity contribution in [2.24, 2.45) is 11.8 Å². The van der Waals surface area contributed by atoms with Crippen LogP contribution in [0.15, 0.2) is 0 Å². The maximum Gasteiger partial charge on any atom is 0.343 e. The molecule has 0 aliphatic heterocycles. The second kappa shape index (κ2) is 13.1. The van der Waals surface area contributed by atoms with Gasteiger partial charge in [-0.1, -0.05) is 34.1 Å². The molecular formula is C26H45N3O10. The molecule has 0 unspecified atom stereocenters. The van der Waals surface area contributed by atoms with Crippen LogP contribution in [0, 0.1) is 11.8 Å². The van der Waals surface area contributed by atoms with Crippen molar-refractivity contribution in [1.82, 2.24) is 15.1 Å². The van der Waals surface area contributed by atoms with E-state index in [9.17, 15) is 49.2 Å². The van der Waals surface area contributed by atoms with E-state index in [4.69, 9.17) is 0 Å². The molecule has 13 nitrogen and oxygen atoms in total. The minimum atomic E-state index is -3.23. The lowest BCUT2D eigenvalue weighted by Crippen LogP contribution is -2.78. The maximum atomic E-state index is 14.9. The molecule has 0 aromatic heterocycles. The van der Waals surface area contributed by atoms with E-state index in [2.05, 4.69) is 5.32 Å². The number of likely N-dealkylation sites (N-methyl/N-ethyl adjacent to an activating group) is 3. The van der Waals surface area contributed by atoms with Gasteiger partial charge in [0.15, 0.2) is 22.6 Å². The number of aliphatic carboxylic acids is 1. The highest BCUT2D eigenvalue weighted by Crippen LogP contribution is 2.39. The van der Waals surface area contributed by atoms with E-state index in [0.717, 1.165) is 34.9 Å². The number of Topliss-reactive ketones (excluding diaryl/α,β-unsaturated/α-hetero) is 3. The molecular weight excluding hydrogens is 514 g/mol. The number of nitrogens with zero attached hydrogens (tertiary/aromatic N) is 2. The van der Waals surface area contributed by atoms with Crippen molar-refractivity contribution in [3.05, 3.63) is 0 Å². The van der Waals surface area contributed by atoms with Crippen molar-refractivity contribution >= 4 is 35.1 Å². The van der Waals surface area contributed by atoms with Gasteiger partial charge in [-0.15, -0.1) is 0 Å². The molecule has 0 saturated carbocycles. The Kier molecular flexibility index (Phi) is 12.2. The monoisotopic (exact) mass is 559 g/mol. The van der Waals surface area contributed by atoms with E-state index in [1.54, 1.807) is 13.8 Å². The minimum absolute atomic E-state index is 0.0391. The predicted octanol–water partition coefficient (Wildman–Crippen LogP) is -1.00. The summed E-state index contributed by atoms with van der Waals surface area (Å²) in [4.78, 5) is 82.5. The van der Waals surface area contributed by atoms with Crippen LogP contribution in [-0.2, 0) is 28.8 Å². The number of carbonyl (C=O) groups excluding carboxylic acids is 5. The fourth-order valence-electron chi connectivity index (χ4n) is 4.77. The lowest BCUT2D eigenvalue weighted by Gasteiger charge is -2.51. The summed E-state index contributed by atoms with van der Waals surface area (Å²) in [7, 11) is 3.49. The van der Waals surface area contributed by atoms with Crippen LogP contribution in [0.4, 0.5) is 0 Å². The van der Waals surface area contributed by atoms with Gasteiger partial charge in [0.1, 0.15) is 12.2 Å². The van der Waals surface area contributed by atoms with Gasteiger partial charge in [0.25, 0.3) is 11.8 Å². The first-order valence-corrected chi connectivity index (χ1v) is 12.8. The van der Waals surface area contributed by atoms with E-state index in [1.165, 1.54) is 20.9 Å². The average molecular weight is 560 g/mol. The Morgan fingerprint density at radius 2 is 1.23 bits per heavy atom. The predicted molar refractivity (Wildman–Crippen MR) is 140 cm³/mol. The number of carbonyl (C=O) groups is 6. The van der Waals surface area contributed by atoms with E-state index in [1.807, 2.05) is 0 Å². The molecule has 0 aliphatic rings. The number of rotatable bonds is 15. The standard InChI is InChI=1S/C26H45N3O10/c1-12-14(4)26(29(11)20(34)16(6)31,22(36)25(8,39)23(37)38)21(35)24(7,28(10)19(33)15(5)30)18(32)17(27-9)13(2)3/h13-17,27,30-31,39H,12H2,1-11H3,(H,37,38)/t14-,15+,16+,17-,24+,25-,26+/m0/s1. The zero-order chi connectivity index (χ0) is 31.4. The molecule has 5 N–H and O–H groups in total. The molecule has 2 amide bonds. The van der Waals surface area contributed by atoms with Gasteiger partial charge in [-0.05, 0) is 46.6 Å². The molecule has 13 heteroatoms. The molecule has 0 aromatic carbocycles. The molecule has 0 bridgehead atoms. The third kappa shape index (κ3) is 6.21. The van der Waals surface area contributed by atoms with Crippen LogP contribution in [0.5, 0.6) is 0 Å². The van der Waals surface area contributed by atoms with Crippen molar-refractivity contribution in [3.63, 3.8) is 0 Å². The first-order chi connectivity index (χ1) is 17.6. The number of amides is 2. The van der Waals surface area contributed by atoms with Crippen molar-refractivity contribution in [1.29, 1.82) is 0 Å². The Bertz CT molecular complexity index is 977. The smallest absolute Gasteiger partial charge is 0.343 e. The summed E-state index contributed by atoms with van der Waals surface area (Å²) in [5.41, 5.74) is -8.67. The molecule has 0 aliphatic carbocycles. The first kappa shape index (κ1) is 36.3. The number of aliphatic hydroxyl groups excluding tert-OH is 2. The number of nitrogens with one attached hydrogen (secondary N) is 1. The number of aliphatic hydroxyl groups is 3. The van der Waals surface area contributed by atoms with Crippen LogP contribution in [0.2, 0.25) is 0 Å². The summed E-state index contributed by atoms with van der Waals surface area (Å²) < 4.78 is 0. The number of carboxylic acid groups (broad SMARTS) is 1. The molecule has 0 radical (unpaired) electrons. The van der Waals surface area contributed by atoms with Crippen LogP contribution in [0.25, 0.3) is 0 Å². The van der Waals surface area contributed by atoms with Gasteiger partial charge in [0.05, 0.1) is 6.04 Å². The Hall–Kier alpha value is -2.74. The summed E-state index contributed by atoms with van der Waals surface area (Å²) in [6.45, 7) is 10.1. The van der Waals surface area contributed by atoms with Crippen LogP contribution < -0.4 is 5.32 Å². The van der Waals surface area contributed by atoms with Crippen LogP contribution in [0.1, 0.15) is 61.8 Å². The van der Waals surface area contributed by atoms with E-state index < -0.39 is 81.9 Å². The Labute approximate surface area is 229 Å². The minimum Gasteiger partial charge on any atom is -0.479 e. The normalized spacial score (nSPS) is 19.4. The van der Waals surface area contributed by atoms with Gasteiger partial charge in [0, 0.05) is 14.1 Å². The maximum absolute atomic E-state index is 14.9. The Balaban J connectivity index is 8.16. The highest BCUT2D eigenvalue weighted by atomic mass is 16.4. The number of carboxylic acids is 1. The molecule has 0 fully saturated rings. The van der Waals surface area contributed by atoms with Gasteiger partial charge in [-0.25, -0.2) is 4.79 Å². The topological polar surface area (TPSA) is 202 Å². The van der Waals surface area contributed by atoms with Crippen molar-refractivity contribution in [3.8, 4) is 0 Å². The van der Waals surface area contributed by atoms with Gasteiger partial charge in [-0.3, -0.25) is 24.0 Å². The zero-order valence-corrected chi connectivity index (χ0v) is 24.7. The zero-order valence-electron chi connectivity index (χ0n) is 24.7. The van der Waals surface area contributed by atoms with Gasteiger partial charge < -0.3 is 35.5 Å². The van der Waals surface area contributed by atoms with Gasteiger partial charge >= 0.3 is 5.97 Å². The quantitative estimate of drug-likeness (QED) is 0.154. The second-order valence-electron chi connectivity index (χ2n) is 10.7. The number of hydrogen-bond acceptors (Lipinski definition) is 10. The van der Waals surface area contributed by atoms with Crippen LogP contribution in [-0.4, -0.2) is 121 Å². The largest absolute Gasteiger partial charge is 0.479 e. The summed E-state index contributed by atoms with van der Waals surface area (Å²) in [6.07, 6.45) is -3.49. The summed E-state index contributed by atoms with van der Waals surface area (Å²) in [6, 6.07) is -1.08. The Morgan fingerprint density at radius 1 is 0.821 bits per heavy atom. The summed E-state index contributed by atoms with van der Waals surface area (Å²) in [5, 5.41) is 43.5. The molecule has 0 aromatic rings. The lowest BCUT2D eigenvalue weighted by atomic mass is 9.63. The van der Waals surface area contributed by atoms with E-state index in [-0.39, 0.29) is 6.42 Å². The van der Waals surface area contributed by atoms with E-state index in [0.29, 0.717) is 16.7 Å². The number of ketones is 3. The molecule has 0 saturated heterocycles. The van der Waals surface area contributed by atoms with Gasteiger partial charge in [0.2, 0.25) is 11.4 Å². The number of hydrogen-bond donors (Lipinski definition) is 5. The molecule has 7 atom stereocenters. The molecule has 39 heavy (non-hydrogen) atoms. The highest BCUT2D eigenvalue weighted by Gasteiger charge is 2.67. The molecule has 0 spiro atoms. The molecule has 224 valence electrons. The lowest BCUT2D eigenvalue weighted by molar-refractivity contribution is -0.180. The van der Waals surface area contributed by atoms with Gasteiger partial charge in [-0.2, -0.15) is 0 Å². The average Bonchev–Trinajstić information content (AvgIpc) is 2.86. The fourth-order valence-corrected chi connectivity index (χ4v) is 4.77. The third-order valence-corrected chi connectivity index (χ3v) is 7.63. The van der Waals surface area contributed by atoms with Crippen molar-refractivity contribution in [2.45, 2.75) is 96.7 Å². The van der Waals surface area contributed by atoms with Crippen LogP contribution >= 0.6 is 0 Å². The second-order valence-corrected chi connectivity index (χ2v) is 10.7. The molecule has 0 heterocycles. The first-order valence-electron chi connectivity index (χ1n) is 12.8. The molecule has 0 rings (SSSR count). The van der Waals surface area contributed by atoms with Crippen molar-refractivity contribution in [2.75, 3.05) is 21.1 Å². The highest BCUT2D eigenvalue weighted by molar-refractivity contribution is 6.30. The fraction of sp³-hybridized carbons (Fsp3) is 0.769. The third-order valence-electron chi connectivity index (χ3n) is 7.63. The SMILES string of the molecule is CC[C@H](C)[C@](C(=O)[C@](C)(O)C(=O)O)(C(=O)[C@@](C)(C(=O)[C@@H](NC)C(C)C)N(C)C(=O)[C@@H](C)O)N(C)C(=O)[C@@H](C)O. The van der Waals surface area contributed by atoms with E-state index >= 15 is 0 Å².